The van der Waals surface area contributed by atoms with E-state index in [1.807, 2.05) is 0 Å². The highest BCUT2D eigenvalue weighted by Gasteiger charge is 2.19. The largest absolute Gasteiger partial charge is 0.495 e. The molecule has 2 rings (SSSR count). The monoisotopic (exact) mass is 393 g/mol. The zero-order valence-corrected chi connectivity index (χ0v) is 15.7. The average Bonchev–Trinajstić information content (AvgIpc) is 2.60. The summed E-state index contributed by atoms with van der Waals surface area (Å²) in [5.41, 5.74) is -0.0486. The molecule has 0 bridgehead atoms. The van der Waals surface area contributed by atoms with Crippen molar-refractivity contribution < 1.29 is 22.9 Å². The lowest BCUT2D eigenvalue weighted by Crippen LogP contribution is -2.30. The standard InChI is InChI=1S/C17H19N3O6S/c1-11(2)19-27(24,25)14-7-8-16(26-3)15(10-14)18-17(21)12-5-4-6-13(9-12)20(22)23/h4-11,19H,1-3H3,(H,18,21). The lowest BCUT2D eigenvalue weighted by atomic mass is 10.2. The molecule has 0 saturated carbocycles. The molecule has 2 aromatic rings. The molecular weight excluding hydrogens is 374 g/mol. The minimum atomic E-state index is -3.77. The number of carbonyl (C=O) groups is 1. The number of nitrogens with one attached hydrogen (secondary N) is 2. The van der Waals surface area contributed by atoms with Crippen LogP contribution in [0.3, 0.4) is 0 Å². The van der Waals surface area contributed by atoms with Crippen LogP contribution >= 0.6 is 0 Å². The Morgan fingerprint density at radius 3 is 2.48 bits per heavy atom. The molecule has 10 heteroatoms. The fraction of sp³-hybridized carbons (Fsp3) is 0.235. The Labute approximate surface area is 156 Å². The van der Waals surface area contributed by atoms with E-state index in [0.29, 0.717) is 0 Å². The van der Waals surface area contributed by atoms with Gasteiger partial charge in [-0.15, -0.1) is 0 Å². The molecule has 0 spiro atoms. The Kier molecular flexibility index (Phi) is 6.13. The van der Waals surface area contributed by atoms with E-state index in [2.05, 4.69) is 10.0 Å². The molecule has 0 heterocycles. The number of benzene rings is 2. The first-order valence-electron chi connectivity index (χ1n) is 7.90. The first-order chi connectivity index (χ1) is 12.6. The number of hydrogen-bond acceptors (Lipinski definition) is 6. The zero-order chi connectivity index (χ0) is 20.2. The van der Waals surface area contributed by atoms with E-state index in [9.17, 15) is 23.3 Å². The van der Waals surface area contributed by atoms with E-state index in [4.69, 9.17) is 4.74 Å². The molecule has 1 amide bonds. The molecule has 144 valence electrons. The topological polar surface area (TPSA) is 128 Å². The predicted octanol–water partition coefficient (Wildman–Crippen LogP) is 2.54. The van der Waals surface area contributed by atoms with Gasteiger partial charge in [-0.05, 0) is 38.1 Å². The second kappa shape index (κ2) is 8.14. The highest BCUT2D eigenvalue weighted by molar-refractivity contribution is 7.89. The molecule has 0 unspecified atom stereocenters. The lowest BCUT2D eigenvalue weighted by molar-refractivity contribution is -0.384. The number of rotatable bonds is 7. The highest BCUT2D eigenvalue weighted by Crippen LogP contribution is 2.28. The van der Waals surface area contributed by atoms with E-state index in [1.54, 1.807) is 13.8 Å². The Bertz CT molecular complexity index is 972. The summed E-state index contributed by atoms with van der Waals surface area (Å²) in [7, 11) is -2.40. The smallest absolute Gasteiger partial charge is 0.270 e. The quantitative estimate of drug-likeness (QED) is 0.550. The van der Waals surface area contributed by atoms with Crippen molar-refractivity contribution in [2.75, 3.05) is 12.4 Å². The molecule has 9 nitrogen and oxygen atoms in total. The molecule has 27 heavy (non-hydrogen) atoms. The Hall–Kier alpha value is -2.98. The van der Waals surface area contributed by atoms with Crippen LogP contribution in [0.25, 0.3) is 0 Å². The van der Waals surface area contributed by atoms with E-state index >= 15 is 0 Å². The molecule has 0 radical (unpaired) electrons. The molecule has 0 saturated heterocycles. The third kappa shape index (κ3) is 5.02. The zero-order valence-electron chi connectivity index (χ0n) is 14.9. The van der Waals surface area contributed by atoms with Gasteiger partial charge < -0.3 is 10.1 Å². The summed E-state index contributed by atoms with van der Waals surface area (Å²) in [6, 6.07) is 8.92. The lowest BCUT2D eigenvalue weighted by Gasteiger charge is -2.14. The summed E-state index contributed by atoms with van der Waals surface area (Å²) in [5.74, 6) is -0.388. The van der Waals surface area contributed by atoms with Gasteiger partial charge in [0.2, 0.25) is 10.0 Å². The van der Waals surface area contributed by atoms with E-state index in [1.165, 1.54) is 43.5 Å². The number of carbonyl (C=O) groups excluding carboxylic acids is 1. The fourth-order valence-electron chi connectivity index (χ4n) is 2.29. The summed E-state index contributed by atoms with van der Waals surface area (Å²) in [6.45, 7) is 3.37. The van der Waals surface area contributed by atoms with E-state index < -0.39 is 20.9 Å². The Morgan fingerprint density at radius 2 is 1.89 bits per heavy atom. The van der Waals surface area contributed by atoms with Crippen molar-refractivity contribution in [2.24, 2.45) is 0 Å². The molecule has 0 aliphatic rings. The number of nitro groups is 1. The van der Waals surface area contributed by atoms with Gasteiger partial charge in [-0.2, -0.15) is 0 Å². The maximum absolute atomic E-state index is 12.4. The van der Waals surface area contributed by atoms with Crippen molar-refractivity contribution in [3.8, 4) is 5.75 Å². The Morgan fingerprint density at radius 1 is 1.19 bits per heavy atom. The van der Waals surface area contributed by atoms with Crippen LogP contribution in [0.4, 0.5) is 11.4 Å². The van der Waals surface area contributed by atoms with Gasteiger partial charge in [0.1, 0.15) is 5.75 Å². The molecule has 0 fully saturated rings. The number of sulfonamides is 1. The molecule has 0 atom stereocenters. The van der Waals surface area contributed by atoms with Crippen LogP contribution < -0.4 is 14.8 Å². The van der Waals surface area contributed by atoms with Gasteiger partial charge in [0, 0.05) is 23.7 Å². The van der Waals surface area contributed by atoms with Crippen LogP contribution in [0.5, 0.6) is 5.75 Å². The van der Waals surface area contributed by atoms with Gasteiger partial charge in [0.05, 0.1) is 22.6 Å². The second-order valence-corrected chi connectivity index (χ2v) is 7.61. The normalized spacial score (nSPS) is 11.3. The van der Waals surface area contributed by atoms with Gasteiger partial charge in [0.15, 0.2) is 0 Å². The molecule has 0 aliphatic heterocycles. The molecule has 2 N–H and O–H groups in total. The minimum absolute atomic E-state index is 0.0497. The van der Waals surface area contributed by atoms with Crippen molar-refractivity contribution in [3.05, 3.63) is 58.1 Å². The van der Waals surface area contributed by atoms with Gasteiger partial charge in [-0.3, -0.25) is 14.9 Å². The molecule has 0 aromatic heterocycles. The number of amides is 1. The third-order valence-corrected chi connectivity index (χ3v) is 5.10. The molecular formula is C17H19N3O6S. The number of non-ortho nitro benzene ring substituents is 1. The van der Waals surface area contributed by atoms with Crippen LogP contribution in [0.15, 0.2) is 47.4 Å². The number of ether oxygens (including phenoxy) is 1. The summed E-state index contributed by atoms with van der Waals surface area (Å²) >= 11 is 0. The van der Waals surface area contributed by atoms with Gasteiger partial charge in [0.25, 0.3) is 11.6 Å². The summed E-state index contributed by atoms with van der Waals surface area (Å²) in [4.78, 5) is 22.6. The number of nitrogens with zero attached hydrogens (tertiary/aromatic N) is 1. The van der Waals surface area contributed by atoms with Gasteiger partial charge >= 0.3 is 0 Å². The highest BCUT2D eigenvalue weighted by atomic mass is 32.2. The summed E-state index contributed by atoms with van der Waals surface area (Å²) in [6.07, 6.45) is 0. The Balaban J connectivity index is 2.37. The van der Waals surface area contributed by atoms with Crippen molar-refractivity contribution >= 4 is 27.3 Å². The summed E-state index contributed by atoms with van der Waals surface area (Å²) in [5, 5.41) is 13.4. The number of hydrogen-bond donors (Lipinski definition) is 2. The number of nitro benzene ring substituents is 1. The van der Waals surface area contributed by atoms with Crippen LogP contribution in [0.1, 0.15) is 24.2 Å². The van der Waals surface area contributed by atoms with Crippen LogP contribution in [0, 0.1) is 10.1 Å². The molecule has 2 aromatic carbocycles. The van der Waals surface area contributed by atoms with Gasteiger partial charge in [-0.1, -0.05) is 6.07 Å². The van der Waals surface area contributed by atoms with Crippen LogP contribution in [-0.4, -0.2) is 32.4 Å². The van der Waals surface area contributed by atoms with Crippen LogP contribution in [0.2, 0.25) is 0 Å². The first-order valence-corrected chi connectivity index (χ1v) is 9.38. The van der Waals surface area contributed by atoms with Crippen molar-refractivity contribution in [1.29, 1.82) is 0 Å². The first kappa shape index (κ1) is 20.3. The maximum atomic E-state index is 12.4. The molecule has 0 aliphatic carbocycles. The third-order valence-electron chi connectivity index (χ3n) is 3.44. The average molecular weight is 393 g/mol. The SMILES string of the molecule is COc1ccc(S(=O)(=O)NC(C)C)cc1NC(=O)c1cccc([N+](=O)[O-])c1. The van der Waals surface area contributed by atoms with Gasteiger partial charge in [-0.25, -0.2) is 13.1 Å². The van der Waals surface area contributed by atoms with E-state index in [-0.39, 0.29) is 33.6 Å². The summed E-state index contributed by atoms with van der Waals surface area (Å²) < 4.78 is 32.3. The fourth-order valence-corrected chi connectivity index (χ4v) is 3.56. The van der Waals surface area contributed by atoms with Crippen molar-refractivity contribution in [1.82, 2.24) is 4.72 Å². The maximum Gasteiger partial charge on any atom is 0.270 e. The van der Waals surface area contributed by atoms with Crippen molar-refractivity contribution in [2.45, 2.75) is 24.8 Å². The number of anilines is 1. The number of methoxy groups -OCH3 is 1. The predicted molar refractivity (Wildman–Crippen MR) is 99.5 cm³/mol. The van der Waals surface area contributed by atoms with Crippen LogP contribution in [-0.2, 0) is 10.0 Å². The van der Waals surface area contributed by atoms with Crippen molar-refractivity contribution in [3.63, 3.8) is 0 Å². The minimum Gasteiger partial charge on any atom is -0.495 e. The second-order valence-electron chi connectivity index (χ2n) is 5.90. The van der Waals surface area contributed by atoms with E-state index in [0.717, 1.165) is 6.07 Å².